The maximum Gasteiger partial charge on any atom is 0.387 e. The lowest BCUT2D eigenvalue weighted by Crippen LogP contribution is -2.27. The molecule has 0 aliphatic heterocycles. The van der Waals surface area contributed by atoms with Gasteiger partial charge in [-0.3, -0.25) is 9.59 Å². The first-order chi connectivity index (χ1) is 14.7. The van der Waals surface area contributed by atoms with E-state index in [0.717, 1.165) is 0 Å². The minimum Gasteiger partial charge on any atom is -0.493 e. The molecule has 0 spiro atoms. The molecule has 2 rings (SSSR count). The SMILES string of the molecule is COc1cc(/C=C/C(=O)c2ccc(OCC(=O)N(C)C)cc2)cc(OC)c1OC(F)F. The zero-order chi connectivity index (χ0) is 23.0. The van der Waals surface area contributed by atoms with E-state index >= 15 is 0 Å². The van der Waals surface area contributed by atoms with Gasteiger partial charge in [-0.25, -0.2) is 0 Å². The van der Waals surface area contributed by atoms with Crippen molar-refractivity contribution in [2.24, 2.45) is 0 Å². The van der Waals surface area contributed by atoms with Gasteiger partial charge in [0.1, 0.15) is 5.75 Å². The average Bonchev–Trinajstić information content (AvgIpc) is 2.76. The summed E-state index contributed by atoms with van der Waals surface area (Å²) in [6.07, 6.45) is 2.83. The van der Waals surface area contributed by atoms with Gasteiger partial charge in [0.25, 0.3) is 5.91 Å². The van der Waals surface area contributed by atoms with Crippen LogP contribution in [0.1, 0.15) is 15.9 Å². The summed E-state index contributed by atoms with van der Waals surface area (Å²) in [5, 5.41) is 0. The summed E-state index contributed by atoms with van der Waals surface area (Å²) in [7, 11) is 5.87. The Hall–Kier alpha value is -3.62. The lowest BCUT2D eigenvalue weighted by molar-refractivity contribution is -0.130. The van der Waals surface area contributed by atoms with Gasteiger partial charge in [0.05, 0.1) is 14.2 Å². The van der Waals surface area contributed by atoms with Crippen molar-refractivity contribution in [3.05, 3.63) is 53.6 Å². The van der Waals surface area contributed by atoms with Gasteiger partial charge in [-0.15, -0.1) is 0 Å². The van der Waals surface area contributed by atoms with Crippen molar-refractivity contribution in [1.29, 1.82) is 0 Å². The largest absolute Gasteiger partial charge is 0.493 e. The number of ether oxygens (including phenoxy) is 4. The van der Waals surface area contributed by atoms with Crippen molar-refractivity contribution in [2.75, 3.05) is 34.9 Å². The number of nitrogens with zero attached hydrogens (tertiary/aromatic N) is 1. The second-order valence-electron chi connectivity index (χ2n) is 6.43. The Morgan fingerprint density at radius 2 is 1.61 bits per heavy atom. The fourth-order valence-electron chi connectivity index (χ4n) is 2.46. The molecule has 0 saturated heterocycles. The van der Waals surface area contributed by atoms with E-state index < -0.39 is 6.61 Å². The molecule has 7 nitrogen and oxygen atoms in total. The van der Waals surface area contributed by atoms with Crippen LogP contribution >= 0.6 is 0 Å². The molecule has 2 aromatic rings. The Bertz CT molecular complexity index is 917. The number of alkyl halides is 2. The van der Waals surface area contributed by atoms with Crippen molar-refractivity contribution >= 4 is 17.8 Å². The highest BCUT2D eigenvalue weighted by molar-refractivity contribution is 6.06. The summed E-state index contributed by atoms with van der Waals surface area (Å²) >= 11 is 0. The van der Waals surface area contributed by atoms with Crippen LogP contribution in [0, 0.1) is 0 Å². The molecule has 0 radical (unpaired) electrons. The minimum atomic E-state index is -3.04. The lowest BCUT2D eigenvalue weighted by atomic mass is 10.1. The first kappa shape index (κ1) is 23.7. The summed E-state index contributed by atoms with van der Waals surface area (Å²) in [4.78, 5) is 25.4. The predicted molar refractivity (Wildman–Crippen MR) is 110 cm³/mol. The Morgan fingerprint density at radius 1 is 1.03 bits per heavy atom. The normalized spacial score (nSPS) is 10.8. The maximum absolute atomic E-state index is 12.6. The van der Waals surface area contributed by atoms with E-state index in [-0.39, 0.29) is 35.5 Å². The molecule has 0 atom stereocenters. The molecule has 9 heteroatoms. The van der Waals surface area contributed by atoms with Crippen LogP contribution in [0.15, 0.2) is 42.5 Å². The molecule has 31 heavy (non-hydrogen) atoms. The second kappa shape index (κ2) is 11.0. The van der Waals surface area contributed by atoms with Crippen LogP contribution in [0.2, 0.25) is 0 Å². The van der Waals surface area contributed by atoms with Crippen molar-refractivity contribution < 1.29 is 37.3 Å². The van der Waals surface area contributed by atoms with E-state index in [0.29, 0.717) is 16.9 Å². The topological polar surface area (TPSA) is 74.3 Å². The second-order valence-corrected chi connectivity index (χ2v) is 6.43. The number of likely N-dealkylation sites (N-methyl/N-ethyl adjacent to an activating group) is 1. The Balaban J connectivity index is 2.12. The van der Waals surface area contributed by atoms with Crippen LogP contribution in [0.5, 0.6) is 23.0 Å². The van der Waals surface area contributed by atoms with Gasteiger partial charge in [-0.05, 0) is 48.0 Å². The molecular formula is C22H23F2NO6. The maximum atomic E-state index is 12.6. The first-order valence-corrected chi connectivity index (χ1v) is 9.11. The van der Waals surface area contributed by atoms with Gasteiger partial charge in [0, 0.05) is 19.7 Å². The third-order valence-corrected chi connectivity index (χ3v) is 4.12. The smallest absolute Gasteiger partial charge is 0.387 e. The molecule has 0 bridgehead atoms. The Morgan fingerprint density at radius 3 is 2.10 bits per heavy atom. The molecule has 0 saturated carbocycles. The number of carbonyl (C=O) groups is 2. The number of halogens is 2. The van der Waals surface area contributed by atoms with Gasteiger partial charge in [-0.1, -0.05) is 6.08 Å². The van der Waals surface area contributed by atoms with Crippen molar-refractivity contribution in [2.45, 2.75) is 6.61 Å². The summed E-state index contributed by atoms with van der Waals surface area (Å²) in [6, 6.07) is 9.22. The van der Waals surface area contributed by atoms with Crippen molar-refractivity contribution in [1.82, 2.24) is 4.90 Å². The molecular weight excluding hydrogens is 412 g/mol. The number of hydrogen-bond acceptors (Lipinski definition) is 6. The van der Waals surface area contributed by atoms with Crippen molar-refractivity contribution in [3.63, 3.8) is 0 Å². The van der Waals surface area contributed by atoms with E-state index in [1.165, 1.54) is 43.4 Å². The average molecular weight is 435 g/mol. The zero-order valence-corrected chi connectivity index (χ0v) is 17.6. The molecule has 0 heterocycles. The highest BCUT2D eigenvalue weighted by atomic mass is 19.3. The third-order valence-electron chi connectivity index (χ3n) is 4.12. The Kier molecular flexibility index (Phi) is 8.36. The van der Waals surface area contributed by atoms with Crippen LogP contribution in [-0.4, -0.2) is 58.1 Å². The molecule has 2 aromatic carbocycles. The standard InChI is InChI=1S/C22H23F2NO6/c1-25(2)20(27)13-30-16-8-6-15(7-9-16)17(26)10-5-14-11-18(28-3)21(31-22(23)24)19(12-14)29-4/h5-12,22H,13H2,1-4H3/b10-5+. The number of rotatable bonds is 10. The molecule has 0 aromatic heterocycles. The van der Waals surface area contributed by atoms with E-state index in [2.05, 4.69) is 4.74 Å². The van der Waals surface area contributed by atoms with Crippen LogP contribution in [0.4, 0.5) is 8.78 Å². The highest BCUT2D eigenvalue weighted by Crippen LogP contribution is 2.39. The van der Waals surface area contributed by atoms with Crippen LogP contribution < -0.4 is 18.9 Å². The number of amides is 1. The molecule has 0 fully saturated rings. The number of carbonyl (C=O) groups excluding carboxylic acids is 2. The zero-order valence-electron chi connectivity index (χ0n) is 17.6. The first-order valence-electron chi connectivity index (χ1n) is 9.11. The Labute approximate surface area is 178 Å². The molecule has 0 N–H and O–H groups in total. The fourth-order valence-corrected chi connectivity index (χ4v) is 2.46. The third kappa shape index (κ3) is 6.70. The fraction of sp³-hybridized carbons (Fsp3) is 0.273. The highest BCUT2D eigenvalue weighted by Gasteiger charge is 2.17. The summed E-state index contributed by atoms with van der Waals surface area (Å²) in [5.41, 5.74) is 0.893. The molecule has 1 amide bonds. The van der Waals surface area contributed by atoms with E-state index in [1.807, 2.05) is 0 Å². The van der Waals surface area contributed by atoms with E-state index in [4.69, 9.17) is 14.2 Å². The number of allylic oxidation sites excluding steroid dienone is 1. The summed E-state index contributed by atoms with van der Waals surface area (Å²) in [6.45, 7) is -3.14. The quantitative estimate of drug-likeness (QED) is 0.419. The predicted octanol–water partition coefficient (Wildman–Crippen LogP) is 3.67. The molecule has 0 aliphatic carbocycles. The van der Waals surface area contributed by atoms with Gasteiger partial charge in [0.2, 0.25) is 5.75 Å². The number of hydrogen-bond donors (Lipinski definition) is 0. The number of ketones is 1. The van der Waals surface area contributed by atoms with Crippen molar-refractivity contribution in [3.8, 4) is 23.0 Å². The van der Waals surface area contributed by atoms with Gasteiger partial charge in [-0.2, -0.15) is 8.78 Å². The van der Waals surface area contributed by atoms with E-state index in [1.54, 1.807) is 38.4 Å². The minimum absolute atomic E-state index is 0.0421. The molecule has 166 valence electrons. The monoisotopic (exact) mass is 435 g/mol. The number of methoxy groups -OCH3 is 2. The summed E-state index contributed by atoms with van der Waals surface area (Å²) < 4.78 is 45.3. The van der Waals surface area contributed by atoms with Crippen LogP contribution in [0.25, 0.3) is 6.08 Å². The summed E-state index contributed by atoms with van der Waals surface area (Å²) in [5.74, 6) is -0.159. The van der Waals surface area contributed by atoms with Gasteiger partial charge < -0.3 is 23.8 Å². The molecule has 0 unspecified atom stereocenters. The van der Waals surface area contributed by atoms with Gasteiger partial charge in [0.15, 0.2) is 23.9 Å². The van der Waals surface area contributed by atoms with Crippen LogP contribution in [-0.2, 0) is 4.79 Å². The number of benzene rings is 2. The van der Waals surface area contributed by atoms with E-state index in [9.17, 15) is 18.4 Å². The molecule has 0 aliphatic rings. The lowest BCUT2D eigenvalue weighted by Gasteiger charge is -2.14. The van der Waals surface area contributed by atoms with Gasteiger partial charge >= 0.3 is 6.61 Å². The van der Waals surface area contributed by atoms with Crippen LogP contribution in [0.3, 0.4) is 0 Å².